The zero-order chi connectivity index (χ0) is 15.4. The largest absolute Gasteiger partial charge is 0.457 e. The molecule has 0 spiro atoms. The van der Waals surface area contributed by atoms with E-state index in [1.165, 1.54) is 6.07 Å². The normalized spacial score (nSPS) is 12.0. The van der Waals surface area contributed by atoms with Gasteiger partial charge in [-0.25, -0.2) is 0 Å². The van der Waals surface area contributed by atoms with Crippen LogP contribution >= 0.6 is 0 Å². The molecule has 5 nitrogen and oxygen atoms in total. The molecule has 2 N–H and O–H groups in total. The van der Waals surface area contributed by atoms with Crippen LogP contribution in [0.15, 0.2) is 42.5 Å². The van der Waals surface area contributed by atoms with E-state index in [4.69, 9.17) is 10.5 Å². The highest BCUT2D eigenvalue weighted by Gasteiger charge is 2.11. The molecule has 0 fully saturated rings. The summed E-state index contributed by atoms with van der Waals surface area (Å²) in [6.45, 7) is 3.73. The highest BCUT2D eigenvalue weighted by Crippen LogP contribution is 2.28. The quantitative estimate of drug-likeness (QED) is 0.662. The molecule has 2 aromatic carbocycles. The van der Waals surface area contributed by atoms with Gasteiger partial charge in [0.05, 0.1) is 4.92 Å². The summed E-state index contributed by atoms with van der Waals surface area (Å²) in [7, 11) is 0. The van der Waals surface area contributed by atoms with E-state index in [0.29, 0.717) is 17.1 Å². The summed E-state index contributed by atoms with van der Waals surface area (Å²) in [4.78, 5) is 10.4. The van der Waals surface area contributed by atoms with Gasteiger partial charge in [0.25, 0.3) is 5.69 Å². The number of hydrogen-bond donors (Lipinski definition) is 1. The summed E-state index contributed by atoms with van der Waals surface area (Å²) in [6.07, 6.45) is 0.877. The molecule has 2 rings (SSSR count). The Kier molecular flexibility index (Phi) is 4.55. The lowest BCUT2D eigenvalue weighted by Crippen LogP contribution is -2.07. The molecule has 0 aliphatic carbocycles. The van der Waals surface area contributed by atoms with Gasteiger partial charge in [0.2, 0.25) is 0 Å². The number of benzene rings is 2. The van der Waals surface area contributed by atoms with Gasteiger partial charge in [-0.1, -0.05) is 19.1 Å². The van der Waals surface area contributed by atoms with Crippen LogP contribution < -0.4 is 10.5 Å². The SMILES string of the molecule is CCC(N)c1ccc(Oc2ccc([N+](=O)[O-])c(C)c2)cc1. The number of nitro benzene ring substituents is 1. The maximum atomic E-state index is 10.8. The number of aryl methyl sites for hydroxylation is 1. The third-order valence-corrected chi connectivity index (χ3v) is 3.35. The summed E-state index contributed by atoms with van der Waals surface area (Å²) in [6, 6.07) is 12.3. The Morgan fingerprint density at radius 1 is 1.19 bits per heavy atom. The number of rotatable bonds is 5. The smallest absolute Gasteiger partial charge is 0.272 e. The first-order valence-electron chi connectivity index (χ1n) is 6.79. The summed E-state index contributed by atoms with van der Waals surface area (Å²) < 4.78 is 5.70. The summed E-state index contributed by atoms with van der Waals surface area (Å²) in [5.41, 5.74) is 7.68. The first-order chi connectivity index (χ1) is 10.0. The van der Waals surface area contributed by atoms with E-state index in [1.807, 2.05) is 31.2 Å². The second-order valence-electron chi connectivity index (χ2n) is 4.89. The van der Waals surface area contributed by atoms with Crippen LogP contribution in [0.5, 0.6) is 11.5 Å². The molecule has 1 unspecified atom stereocenters. The van der Waals surface area contributed by atoms with Crippen molar-refractivity contribution in [3.8, 4) is 11.5 Å². The number of nitrogens with zero attached hydrogens (tertiary/aromatic N) is 1. The molecule has 0 bridgehead atoms. The molecule has 0 aliphatic rings. The van der Waals surface area contributed by atoms with E-state index in [0.717, 1.165) is 12.0 Å². The molecule has 0 amide bonds. The van der Waals surface area contributed by atoms with E-state index in [1.54, 1.807) is 19.1 Å². The van der Waals surface area contributed by atoms with Gasteiger partial charge < -0.3 is 10.5 Å². The van der Waals surface area contributed by atoms with Gasteiger partial charge in [0.1, 0.15) is 11.5 Å². The molecule has 1 atom stereocenters. The van der Waals surface area contributed by atoms with Crippen LogP contribution in [0.25, 0.3) is 0 Å². The molecule has 0 saturated heterocycles. The molecule has 0 aliphatic heterocycles. The molecule has 0 heterocycles. The van der Waals surface area contributed by atoms with Gasteiger partial charge in [0.15, 0.2) is 0 Å². The molecule has 0 aromatic heterocycles. The molecule has 5 heteroatoms. The first kappa shape index (κ1) is 15.0. The maximum Gasteiger partial charge on any atom is 0.272 e. The van der Waals surface area contributed by atoms with Crippen molar-refractivity contribution < 1.29 is 9.66 Å². The minimum absolute atomic E-state index is 0.0284. The number of nitrogens with two attached hydrogens (primary N) is 1. The van der Waals surface area contributed by atoms with Gasteiger partial charge in [-0.05, 0) is 43.2 Å². The predicted octanol–water partition coefficient (Wildman–Crippen LogP) is 4.11. The van der Waals surface area contributed by atoms with Crippen LogP contribution in [0.3, 0.4) is 0 Å². The second-order valence-corrected chi connectivity index (χ2v) is 4.89. The molecule has 0 radical (unpaired) electrons. The van der Waals surface area contributed by atoms with E-state index in [-0.39, 0.29) is 11.7 Å². The van der Waals surface area contributed by atoms with Crippen LogP contribution in [0.4, 0.5) is 5.69 Å². The molecule has 2 aromatic rings. The van der Waals surface area contributed by atoms with Crippen molar-refractivity contribution >= 4 is 5.69 Å². The molecule has 110 valence electrons. The van der Waals surface area contributed by atoms with Crippen LogP contribution in [-0.2, 0) is 0 Å². The van der Waals surface area contributed by atoms with Gasteiger partial charge in [-0.2, -0.15) is 0 Å². The van der Waals surface area contributed by atoms with Crippen molar-refractivity contribution in [1.82, 2.24) is 0 Å². The zero-order valence-corrected chi connectivity index (χ0v) is 12.1. The van der Waals surface area contributed by atoms with Crippen LogP contribution in [0.2, 0.25) is 0 Å². The molecule has 21 heavy (non-hydrogen) atoms. The second kappa shape index (κ2) is 6.37. The average Bonchev–Trinajstić information content (AvgIpc) is 2.47. The summed E-state index contributed by atoms with van der Waals surface area (Å²) >= 11 is 0. The Balaban J connectivity index is 2.15. The fourth-order valence-electron chi connectivity index (χ4n) is 2.05. The first-order valence-corrected chi connectivity index (χ1v) is 6.79. The minimum Gasteiger partial charge on any atom is -0.457 e. The molecule has 0 saturated carbocycles. The lowest BCUT2D eigenvalue weighted by atomic mass is 10.1. The van der Waals surface area contributed by atoms with Gasteiger partial charge >= 0.3 is 0 Å². The third kappa shape index (κ3) is 3.58. The Hall–Kier alpha value is -2.40. The van der Waals surface area contributed by atoms with Gasteiger partial charge in [-0.3, -0.25) is 10.1 Å². The highest BCUT2D eigenvalue weighted by atomic mass is 16.6. The van der Waals surface area contributed by atoms with E-state index in [9.17, 15) is 10.1 Å². The van der Waals surface area contributed by atoms with Crippen molar-refractivity contribution in [3.05, 3.63) is 63.7 Å². The zero-order valence-electron chi connectivity index (χ0n) is 12.1. The number of ether oxygens (including phenoxy) is 1. The number of nitro groups is 1. The Morgan fingerprint density at radius 3 is 2.33 bits per heavy atom. The van der Waals surface area contributed by atoms with Crippen molar-refractivity contribution in [2.75, 3.05) is 0 Å². The van der Waals surface area contributed by atoms with E-state index >= 15 is 0 Å². The minimum atomic E-state index is -0.403. The van der Waals surface area contributed by atoms with Crippen molar-refractivity contribution in [2.45, 2.75) is 26.3 Å². The topological polar surface area (TPSA) is 78.4 Å². The fraction of sp³-hybridized carbons (Fsp3) is 0.250. The van der Waals surface area contributed by atoms with Crippen LogP contribution in [0.1, 0.15) is 30.5 Å². The standard InChI is InChI=1S/C16H18N2O3/c1-3-15(17)12-4-6-13(7-5-12)21-14-8-9-16(18(19)20)11(2)10-14/h4-10,15H,3,17H2,1-2H3. The monoisotopic (exact) mass is 286 g/mol. The Labute approximate surface area is 123 Å². The maximum absolute atomic E-state index is 10.8. The van der Waals surface area contributed by atoms with Crippen molar-refractivity contribution in [2.24, 2.45) is 5.73 Å². The fourth-order valence-corrected chi connectivity index (χ4v) is 2.05. The van der Waals surface area contributed by atoms with Crippen LogP contribution in [-0.4, -0.2) is 4.92 Å². The Morgan fingerprint density at radius 2 is 1.81 bits per heavy atom. The summed E-state index contributed by atoms with van der Waals surface area (Å²) in [5, 5.41) is 10.8. The summed E-state index contributed by atoms with van der Waals surface area (Å²) in [5.74, 6) is 1.25. The van der Waals surface area contributed by atoms with Crippen molar-refractivity contribution in [3.63, 3.8) is 0 Å². The molecular formula is C16H18N2O3. The predicted molar refractivity (Wildman–Crippen MR) is 81.6 cm³/mol. The van der Waals surface area contributed by atoms with Gasteiger partial charge in [0, 0.05) is 17.7 Å². The Bertz CT molecular complexity index is 638. The highest BCUT2D eigenvalue weighted by molar-refractivity contribution is 5.45. The van der Waals surface area contributed by atoms with E-state index < -0.39 is 4.92 Å². The van der Waals surface area contributed by atoms with Crippen molar-refractivity contribution in [1.29, 1.82) is 0 Å². The molecular weight excluding hydrogens is 268 g/mol. The lowest BCUT2D eigenvalue weighted by molar-refractivity contribution is -0.385. The van der Waals surface area contributed by atoms with E-state index in [2.05, 4.69) is 0 Å². The average molecular weight is 286 g/mol. The number of hydrogen-bond acceptors (Lipinski definition) is 4. The lowest BCUT2D eigenvalue weighted by Gasteiger charge is -2.11. The van der Waals surface area contributed by atoms with Crippen LogP contribution in [0, 0.1) is 17.0 Å². The third-order valence-electron chi connectivity index (χ3n) is 3.35. The van der Waals surface area contributed by atoms with Gasteiger partial charge in [-0.15, -0.1) is 0 Å².